The van der Waals surface area contributed by atoms with Crippen LogP contribution in [-0.4, -0.2) is 16.7 Å². The van der Waals surface area contributed by atoms with Crippen molar-refractivity contribution in [2.75, 3.05) is 5.32 Å². The molecule has 2 heterocycles. The van der Waals surface area contributed by atoms with Gasteiger partial charge in [0.2, 0.25) is 5.91 Å². The molecule has 3 rings (SSSR count). The lowest BCUT2D eigenvalue weighted by Gasteiger charge is -2.30. The molecule has 1 spiro atoms. The number of carbonyl (C=O) groups is 2. The maximum Gasteiger partial charge on any atom is 0.236 e. The second kappa shape index (κ2) is 3.88. The van der Waals surface area contributed by atoms with Gasteiger partial charge in [0.1, 0.15) is 11.6 Å². The quantitative estimate of drug-likeness (QED) is 0.769. The van der Waals surface area contributed by atoms with Crippen LogP contribution in [0.25, 0.3) is 0 Å². The number of nitrogens with zero attached hydrogens (tertiary/aromatic N) is 1. The molecule has 5 nitrogen and oxygen atoms in total. The van der Waals surface area contributed by atoms with Crippen LogP contribution in [-0.2, 0) is 21.5 Å². The zero-order chi connectivity index (χ0) is 12.8. The highest BCUT2D eigenvalue weighted by atomic mass is 16.2. The minimum Gasteiger partial charge on any atom is -0.326 e. The van der Waals surface area contributed by atoms with Gasteiger partial charge in [-0.3, -0.25) is 9.59 Å². The number of fused-ring (bicyclic) bond motifs is 2. The predicted molar refractivity (Wildman–Crippen MR) is 65.9 cm³/mol. The summed E-state index contributed by atoms with van der Waals surface area (Å²) in [5.74, 6) is 0.850. The van der Waals surface area contributed by atoms with E-state index in [-0.39, 0.29) is 11.7 Å². The summed E-state index contributed by atoms with van der Waals surface area (Å²) < 4.78 is 0. The molecule has 2 aliphatic rings. The van der Waals surface area contributed by atoms with Crippen LogP contribution in [0.2, 0.25) is 0 Å². The maximum absolute atomic E-state index is 12.2. The standard InChI is InChI=1S/C13H15N3O2/c14-6-8-5-10-11(15-7-8)16-12(18)13(10)3-1-9(17)2-4-13/h5,7H,1-4,6,14H2,(H,15,16,18). The van der Waals surface area contributed by atoms with Crippen LogP contribution >= 0.6 is 0 Å². The Labute approximate surface area is 105 Å². The average molecular weight is 245 g/mol. The number of pyridine rings is 1. The third-order valence-electron chi connectivity index (χ3n) is 4.02. The van der Waals surface area contributed by atoms with Gasteiger partial charge in [-0.05, 0) is 24.5 Å². The fourth-order valence-electron chi connectivity index (χ4n) is 2.89. The van der Waals surface area contributed by atoms with Gasteiger partial charge in [-0.1, -0.05) is 0 Å². The van der Waals surface area contributed by atoms with Gasteiger partial charge in [-0.25, -0.2) is 4.98 Å². The van der Waals surface area contributed by atoms with E-state index in [4.69, 9.17) is 5.73 Å². The Morgan fingerprint density at radius 1 is 1.33 bits per heavy atom. The second-order valence-electron chi connectivity index (χ2n) is 5.02. The Morgan fingerprint density at radius 3 is 2.72 bits per heavy atom. The number of hydrogen-bond donors (Lipinski definition) is 2. The Hall–Kier alpha value is -1.75. The molecule has 1 aromatic rings. The first-order valence-corrected chi connectivity index (χ1v) is 6.18. The fraction of sp³-hybridized carbons (Fsp3) is 0.462. The third-order valence-corrected chi connectivity index (χ3v) is 4.02. The van der Waals surface area contributed by atoms with Crippen LogP contribution in [0.15, 0.2) is 12.3 Å². The first-order chi connectivity index (χ1) is 8.65. The molecule has 5 heteroatoms. The van der Waals surface area contributed by atoms with Crippen LogP contribution in [0.4, 0.5) is 5.82 Å². The van der Waals surface area contributed by atoms with Crippen LogP contribution in [0.1, 0.15) is 36.8 Å². The normalized spacial score (nSPS) is 20.9. The van der Waals surface area contributed by atoms with E-state index in [1.807, 2.05) is 6.07 Å². The van der Waals surface area contributed by atoms with Gasteiger partial charge in [0.25, 0.3) is 0 Å². The molecule has 1 fully saturated rings. The maximum atomic E-state index is 12.2. The molecule has 3 N–H and O–H groups in total. The molecule has 0 radical (unpaired) electrons. The molecule has 1 aromatic heterocycles. The van der Waals surface area contributed by atoms with Crippen molar-refractivity contribution in [1.82, 2.24) is 4.98 Å². The van der Waals surface area contributed by atoms with Gasteiger partial charge in [0.15, 0.2) is 0 Å². The van der Waals surface area contributed by atoms with Gasteiger partial charge in [-0.2, -0.15) is 0 Å². The van der Waals surface area contributed by atoms with Gasteiger partial charge in [-0.15, -0.1) is 0 Å². The minimum absolute atomic E-state index is 0.0216. The monoisotopic (exact) mass is 245 g/mol. The molecular formula is C13H15N3O2. The Kier molecular flexibility index (Phi) is 2.45. The summed E-state index contributed by atoms with van der Waals surface area (Å²) in [7, 11) is 0. The van der Waals surface area contributed by atoms with Crippen molar-refractivity contribution < 1.29 is 9.59 Å². The zero-order valence-electron chi connectivity index (χ0n) is 10.0. The number of anilines is 1. The number of hydrogen-bond acceptors (Lipinski definition) is 4. The highest BCUT2D eigenvalue weighted by molar-refractivity contribution is 6.06. The lowest BCUT2D eigenvalue weighted by atomic mass is 9.70. The van der Waals surface area contributed by atoms with Crippen molar-refractivity contribution in [1.29, 1.82) is 0 Å². The van der Waals surface area contributed by atoms with Gasteiger partial charge in [0.05, 0.1) is 5.41 Å². The Balaban J connectivity index is 2.07. The fourth-order valence-corrected chi connectivity index (χ4v) is 2.89. The number of carbonyl (C=O) groups excluding carboxylic acids is 2. The molecule has 94 valence electrons. The largest absolute Gasteiger partial charge is 0.326 e. The van der Waals surface area contributed by atoms with E-state index >= 15 is 0 Å². The van der Waals surface area contributed by atoms with Crippen molar-refractivity contribution in [3.05, 3.63) is 23.4 Å². The van der Waals surface area contributed by atoms with E-state index < -0.39 is 5.41 Å². The SMILES string of the molecule is NCc1cnc2c(c1)C1(CCC(=O)CC1)C(=O)N2. The summed E-state index contributed by atoms with van der Waals surface area (Å²) in [5, 5.41) is 2.82. The topological polar surface area (TPSA) is 85.1 Å². The van der Waals surface area contributed by atoms with Crippen molar-refractivity contribution >= 4 is 17.5 Å². The smallest absolute Gasteiger partial charge is 0.236 e. The number of amides is 1. The number of rotatable bonds is 1. The lowest BCUT2D eigenvalue weighted by Crippen LogP contribution is -2.38. The molecule has 0 aromatic carbocycles. The number of Topliss-reactive ketones (excluding diaryl/α,β-unsaturated/α-hetero) is 1. The number of ketones is 1. The summed E-state index contributed by atoms with van der Waals surface area (Å²) >= 11 is 0. The number of nitrogens with one attached hydrogen (secondary N) is 1. The number of nitrogens with two attached hydrogens (primary N) is 1. The van der Waals surface area contributed by atoms with Gasteiger partial charge >= 0.3 is 0 Å². The highest BCUT2D eigenvalue weighted by Crippen LogP contribution is 2.46. The Bertz CT molecular complexity index is 529. The van der Waals surface area contributed by atoms with Crippen LogP contribution in [0, 0.1) is 0 Å². The van der Waals surface area contributed by atoms with Crippen LogP contribution in [0.5, 0.6) is 0 Å². The van der Waals surface area contributed by atoms with E-state index in [0.29, 0.717) is 38.0 Å². The molecule has 1 saturated carbocycles. The molecule has 18 heavy (non-hydrogen) atoms. The summed E-state index contributed by atoms with van der Waals surface area (Å²) in [6.07, 6.45) is 3.80. The summed E-state index contributed by atoms with van der Waals surface area (Å²) in [6, 6.07) is 1.95. The average Bonchev–Trinajstić information content (AvgIpc) is 2.65. The minimum atomic E-state index is -0.554. The molecule has 0 atom stereocenters. The van der Waals surface area contributed by atoms with Crippen molar-refractivity contribution in [2.45, 2.75) is 37.6 Å². The summed E-state index contributed by atoms with van der Waals surface area (Å²) in [4.78, 5) is 27.9. The van der Waals surface area contributed by atoms with Gasteiger partial charge in [0, 0.05) is 31.1 Å². The molecule has 1 aliphatic carbocycles. The summed E-state index contributed by atoms with van der Waals surface area (Å²) in [6.45, 7) is 0.406. The Morgan fingerprint density at radius 2 is 2.06 bits per heavy atom. The molecule has 0 bridgehead atoms. The predicted octanol–water partition coefficient (Wildman–Crippen LogP) is 0.873. The third kappa shape index (κ3) is 1.47. The first kappa shape index (κ1) is 11.3. The molecule has 0 unspecified atom stereocenters. The second-order valence-corrected chi connectivity index (χ2v) is 5.02. The molecular weight excluding hydrogens is 230 g/mol. The van der Waals surface area contributed by atoms with E-state index in [9.17, 15) is 9.59 Å². The first-order valence-electron chi connectivity index (χ1n) is 6.18. The molecule has 1 amide bonds. The van der Waals surface area contributed by atoms with E-state index in [1.165, 1.54) is 0 Å². The number of aromatic nitrogens is 1. The molecule has 1 aliphatic heterocycles. The lowest BCUT2D eigenvalue weighted by molar-refractivity contribution is -0.126. The zero-order valence-corrected chi connectivity index (χ0v) is 10.0. The van der Waals surface area contributed by atoms with Crippen LogP contribution < -0.4 is 11.1 Å². The van der Waals surface area contributed by atoms with E-state index in [2.05, 4.69) is 10.3 Å². The van der Waals surface area contributed by atoms with Crippen molar-refractivity contribution in [3.63, 3.8) is 0 Å². The van der Waals surface area contributed by atoms with Crippen LogP contribution in [0.3, 0.4) is 0 Å². The van der Waals surface area contributed by atoms with Crippen molar-refractivity contribution in [2.24, 2.45) is 5.73 Å². The van der Waals surface area contributed by atoms with Gasteiger partial charge < -0.3 is 11.1 Å². The molecule has 0 saturated heterocycles. The van der Waals surface area contributed by atoms with E-state index in [0.717, 1.165) is 11.1 Å². The van der Waals surface area contributed by atoms with E-state index in [1.54, 1.807) is 6.20 Å². The highest BCUT2D eigenvalue weighted by Gasteiger charge is 2.49. The van der Waals surface area contributed by atoms with Crippen molar-refractivity contribution in [3.8, 4) is 0 Å². The summed E-state index contributed by atoms with van der Waals surface area (Å²) in [5.41, 5.74) is 6.90.